The average Bonchev–Trinajstić information content (AvgIpc) is 3.48. The fourth-order valence-corrected chi connectivity index (χ4v) is 4.06. The van der Waals surface area contributed by atoms with Gasteiger partial charge in [0.25, 0.3) is 5.91 Å². The summed E-state index contributed by atoms with van der Waals surface area (Å²) in [6, 6.07) is 11.9. The summed E-state index contributed by atoms with van der Waals surface area (Å²) >= 11 is 0. The number of nitrogens with zero attached hydrogens (tertiary/aromatic N) is 3. The molecule has 1 aliphatic heterocycles. The molecule has 1 fully saturated rings. The third kappa shape index (κ3) is 3.58. The number of ether oxygens (including phenoxy) is 1. The molecule has 8 heteroatoms. The number of fused-ring (bicyclic) bond motifs is 1. The Labute approximate surface area is 184 Å². The number of nitrogens with one attached hydrogen (secondary N) is 2. The Morgan fingerprint density at radius 1 is 1.25 bits per heavy atom. The van der Waals surface area contributed by atoms with Gasteiger partial charge in [0.05, 0.1) is 36.2 Å². The monoisotopic (exact) mass is 431 g/mol. The van der Waals surface area contributed by atoms with Crippen molar-refractivity contribution < 1.29 is 13.9 Å². The summed E-state index contributed by atoms with van der Waals surface area (Å²) in [6.07, 6.45) is 7.64. The summed E-state index contributed by atoms with van der Waals surface area (Å²) in [6.45, 7) is 0.984. The molecule has 4 aromatic rings. The summed E-state index contributed by atoms with van der Waals surface area (Å²) in [5, 5.41) is 6.09. The zero-order valence-electron chi connectivity index (χ0n) is 17.5. The Bertz CT molecular complexity index is 1280. The molecule has 7 nitrogen and oxygen atoms in total. The minimum Gasteiger partial charge on any atom is -0.494 e. The molecule has 0 spiro atoms. The fraction of sp³-hybridized carbons (Fsp3) is 0.208. The summed E-state index contributed by atoms with van der Waals surface area (Å²) in [7, 11) is 1.38. The van der Waals surface area contributed by atoms with Gasteiger partial charge >= 0.3 is 0 Å². The Morgan fingerprint density at radius 2 is 2.09 bits per heavy atom. The van der Waals surface area contributed by atoms with E-state index in [4.69, 9.17) is 9.72 Å². The van der Waals surface area contributed by atoms with Gasteiger partial charge in [0.2, 0.25) is 0 Å². The van der Waals surface area contributed by atoms with E-state index in [0.29, 0.717) is 5.56 Å². The number of methoxy groups -OCH3 is 1. The molecule has 0 bridgehead atoms. The molecule has 0 saturated carbocycles. The molecule has 0 aliphatic carbocycles. The SMILES string of the molecule is COc1cccc(NC(=O)c2ccc(-c3nc(C4CCCN4)n4ccncc34)cc2)c1F. The van der Waals surface area contributed by atoms with Gasteiger partial charge in [0.1, 0.15) is 5.82 Å². The van der Waals surface area contributed by atoms with Gasteiger partial charge in [-0.3, -0.25) is 14.2 Å². The molecule has 3 heterocycles. The third-order valence-electron chi connectivity index (χ3n) is 5.70. The molecule has 5 rings (SSSR count). The Kier molecular flexibility index (Phi) is 5.28. The van der Waals surface area contributed by atoms with Crippen LogP contribution in [0.1, 0.15) is 35.1 Å². The molecule has 1 amide bonds. The van der Waals surface area contributed by atoms with E-state index in [1.54, 1.807) is 30.6 Å². The maximum atomic E-state index is 14.4. The smallest absolute Gasteiger partial charge is 0.255 e. The van der Waals surface area contributed by atoms with Crippen molar-refractivity contribution in [2.75, 3.05) is 19.0 Å². The van der Waals surface area contributed by atoms with E-state index in [2.05, 4.69) is 20.0 Å². The Hall–Kier alpha value is -3.78. The van der Waals surface area contributed by atoms with Gasteiger partial charge < -0.3 is 15.4 Å². The molecule has 1 aliphatic rings. The molecular weight excluding hydrogens is 409 g/mol. The molecule has 1 atom stereocenters. The van der Waals surface area contributed by atoms with Crippen LogP contribution in [-0.2, 0) is 0 Å². The number of benzene rings is 2. The van der Waals surface area contributed by atoms with Crippen LogP contribution < -0.4 is 15.4 Å². The van der Waals surface area contributed by atoms with Crippen molar-refractivity contribution in [3.8, 4) is 17.0 Å². The van der Waals surface area contributed by atoms with Crippen LogP contribution in [0, 0.1) is 5.82 Å². The number of rotatable bonds is 5. The number of hydrogen-bond acceptors (Lipinski definition) is 5. The van der Waals surface area contributed by atoms with Crippen LogP contribution in [0.5, 0.6) is 5.75 Å². The highest BCUT2D eigenvalue weighted by Crippen LogP contribution is 2.30. The second kappa shape index (κ2) is 8.39. The maximum absolute atomic E-state index is 14.4. The number of carbonyl (C=O) groups is 1. The second-order valence-corrected chi connectivity index (χ2v) is 7.65. The van der Waals surface area contributed by atoms with E-state index in [1.807, 2.05) is 18.3 Å². The predicted octanol–water partition coefficient (Wildman–Crippen LogP) is 4.22. The Morgan fingerprint density at radius 3 is 2.84 bits per heavy atom. The van der Waals surface area contributed by atoms with Crippen LogP contribution in [-0.4, -0.2) is 33.9 Å². The lowest BCUT2D eigenvalue weighted by molar-refractivity contribution is 0.102. The highest BCUT2D eigenvalue weighted by atomic mass is 19.1. The standard InChI is InChI=1S/C24H22FN5O2/c1-32-20-6-2-4-17(21(20)25)28-24(31)16-9-7-15(8-10-16)22-19-14-26-12-13-30(19)23(29-22)18-5-3-11-27-18/h2,4,6-10,12-14,18,27H,3,5,11H2,1H3,(H,28,31). The average molecular weight is 431 g/mol. The lowest BCUT2D eigenvalue weighted by Gasteiger charge is -2.09. The summed E-state index contributed by atoms with van der Waals surface area (Å²) < 4.78 is 21.4. The largest absolute Gasteiger partial charge is 0.494 e. The number of halogens is 1. The number of hydrogen-bond donors (Lipinski definition) is 2. The lowest BCUT2D eigenvalue weighted by Crippen LogP contribution is -2.15. The van der Waals surface area contributed by atoms with E-state index in [9.17, 15) is 9.18 Å². The highest BCUT2D eigenvalue weighted by molar-refractivity contribution is 6.04. The summed E-state index contributed by atoms with van der Waals surface area (Å²) in [5.74, 6) is 0.0251. The summed E-state index contributed by atoms with van der Waals surface area (Å²) in [4.78, 5) is 21.8. The maximum Gasteiger partial charge on any atom is 0.255 e. The first kappa shape index (κ1) is 20.1. The van der Waals surface area contributed by atoms with Crippen LogP contribution in [0.25, 0.3) is 16.8 Å². The molecule has 2 N–H and O–H groups in total. The third-order valence-corrected chi connectivity index (χ3v) is 5.70. The number of anilines is 1. The molecule has 0 radical (unpaired) electrons. The van der Waals surface area contributed by atoms with Crippen LogP contribution >= 0.6 is 0 Å². The number of amides is 1. The normalized spacial score (nSPS) is 15.8. The van der Waals surface area contributed by atoms with Gasteiger partial charge in [0, 0.05) is 23.5 Å². The van der Waals surface area contributed by atoms with E-state index < -0.39 is 11.7 Å². The van der Waals surface area contributed by atoms with Crippen LogP contribution in [0.3, 0.4) is 0 Å². The highest BCUT2D eigenvalue weighted by Gasteiger charge is 2.23. The van der Waals surface area contributed by atoms with Crippen molar-refractivity contribution in [2.45, 2.75) is 18.9 Å². The van der Waals surface area contributed by atoms with Gasteiger partial charge in [-0.05, 0) is 43.7 Å². The number of aromatic nitrogens is 3. The first-order valence-corrected chi connectivity index (χ1v) is 10.5. The first-order valence-electron chi connectivity index (χ1n) is 10.5. The second-order valence-electron chi connectivity index (χ2n) is 7.65. The summed E-state index contributed by atoms with van der Waals surface area (Å²) in [5.41, 5.74) is 3.08. The quantitative estimate of drug-likeness (QED) is 0.495. The number of imidazole rings is 1. The van der Waals surface area contributed by atoms with Gasteiger partial charge in [-0.2, -0.15) is 0 Å². The van der Waals surface area contributed by atoms with Crippen molar-refractivity contribution in [1.82, 2.24) is 19.7 Å². The lowest BCUT2D eigenvalue weighted by atomic mass is 10.1. The van der Waals surface area contributed by atoms with E-state index in [0.717, 1.165) is 42.0 Å². The molecule has 2 aromatic carbocycles. The van der Waals surface area contributed by atoms with Gasteiger partial charge in [0.15, 0.2) is 11.6 Å². The van der Waals surface area contributed by atoms with Gasteiger partial charge in [-0.25, -0.2) is 9.37 Å². The fourth-order valence-electron chi connectivity index (χ4n) is 4.06. The van der Waals surface area contributed by atoms with Crippen molar-refractivity contribution in [2.24, 2.45) is 0 Å². The van der Waals surface area contributed by atoms with Crippen LogP contribution in [0.2, 0.25) is 0 Å². The van der Waals surface area contributed by atoms with E-state index in [-0.39, 0.29) is 17.5 Å². The minimum atomic E-state index is -0.606. The molecule has 1 unspecified atom stereocenters. The number of carbonyl (C=O) groups excluding carboxylic acids is 1. The van der Waals surface area contributed by atoms with Crippen molar-refractivity contribution in [3.05, 3.63) is 78.3 Å². The van der Waals surface area contributed by atoms with Gasteiger partial charge in [-0.1, -0.05) is 18.2 Å². The van der Waals surface area contributed by atoms with E-state index >= 15 is 0 Å². The van der Waals surface area contributed by atoms with Gasteiger partial charge in [-0.15, -0.1) is 0 Å². The van der Waals surface area contributed by atoms with Crippen LogP contribution in [0.15, 0.2) is 61.1 Å². The van der Waals surface area contributed by atoms with Crippen LogP contribution in [0.4, 0.5) is 10.1 Å². The first-order chi connectivity index (χ1) is 15.7. The minimum absolute atomic E-state index is 0.0679. The van der Waals surface area contributed by atoms with Crippen molar-refractivity contribution in [1.29, 1.82) is 0 Å². The van der Waals surface area contributed by atoms with E-state index in [1.165, 1.54) is 19.2 Å². The molecular formula is C24H22FN5O2. The topological polar surface area (TPSA) is 80.5 Å². The zero-order chi connectivity index (χ0) is 22.1. The van der Waals surface area contributed by atoms with Crippen molar-refractivity contribution >= 4 is 17.1 Å². The molecule has 162 valence electrons. The van der Waals surface area contributed by atoms with Crippen molar-refractivity contribution in [3.63, 3.8) is 0 Å². The molecule has 2 aromatic heterocycles. The zero-order valence-corrected chi connectivity index (χ0v) is 17.5. The predicted molar refractivity (Wildman–Crippen MR) is 119 cm³/mol. The molecule has 32 heavy (non-hydrogen) atoms. The Balaban J connectivity index is 1.43. The molecule has 1 saturated heterocycles.